The maximum Gasteiger partial charge on any atom is 0.306 e. The van der Waals surface area contributed by atoms with Crippen LogP contribution >= 0.6 is 0 Å². The van der Waals surface area contributed by atoms with E-state index in [4.69, 9.17) is 0 Å². The molecule has 0 saturated carbocycles. The van der Waals surface area contributed by atoms with Gasteiger partial charge >= 0.3 is 5.69 Å². The molecule has 0 amide bonds. The van der Waals surface area contributed by atoms with Crippen molar-refractivity contribution in [3.8, 4) is 0 Å². The first-order chi connectivity index (χ1) is 9.11. The summed E-state index contributed by atoms with van der Waals surface area (Å²) in [5, 5.41) is 13.6. The average Bonchev–Trinajstić information content (AvgIpc) is 2.84. The van der Waals surface area contributed by atoms with Crippen LogP contribution in [-0.4, -0.2) is 14.5 Å². The zero-order chi connectivity index (χ0) is 13.8. The molecule has 100 valence electrons. The number of nitro benzene ring substituents is 1. The van der Waals surface area contributed by atoms with Crippen LogP contribution in [0.3, 0.4) is 0 Å². The lowest BCUT2D eigenvalue weighted by Crippen LogP contribution is -2.06. The van der Waals surface area contributed by atoms with Gasteiger partial charge in [0, 0.05) is 24.5 Å². The van der Waals surface area contributed by atoms with Crippen LogP contribution in [0.25, 0.3) is 0 Å². The van der Waals surface area contributed by atoms with Gasteiger partial charge in [0.1, 0.15) is 0 Å². The molecule has 0 fully saturated rings. The minimum atomic E-state index is -0.839. The Morgan fingerprint density at radius 1 is 1.53 bits per heavy atom. The van der Waals surface area contributed by atoms with Crippen LogP contribution in [0.5, 0.6) is 0 Å². The van der Waals surface area contributed by atoms with Crippen molar-refractivity contribution >= 4 is 11.4 Å². The number of aromatic nitrogens is 2. The van der Waals surface area contributed by atoms with E-state index in [2.05, 4.69) is 10.3 Å². The Hall–Kier alpha value is -2.44. The number of aryl methyl sites for hydroxylation is 1. The van der Waals surface area contributed by atoms with Gasteiger partial charge in [-0.2, -0.15) is 4.39 Å². The van der Waals surface area contributed by atoms with Crippen LogP contribution in [0.2, 0.25) is 0 Å². The number of nitro groups is 1. The minimum absolute atomic E-state index is 0.469. The van der Waals surface area contributed by atoms with Crippen molar-refractivity contribution in [1.29, 1.82) is 0 Å². The molecule has 2 aromatic rings. The molecule has 1 heterocycles. The summed E-state index contributed by atoms with van der Waals surface area (Å²) in [6.45, 7) is 3.26. The normalized spacial score (nSPS) is 10.4. The van der Waals surface area contributed by atoms with Gasteiger partial charge in [-0.1, -0.05) is 0 Å². The summed E-state index contributed by atoms with van der Waals surface area (Å²) in [6.07, 6.45) is 3.43. The van der Waals surface area contributed by atoms with E-state index in [1.54, 1.807) is 12.5 Å². The van der Waals surface area contributed by atoms with Crippen molar-refractivity contribution < 1.29 is 9.31 Å². The molecule has 0 aliphatic carbocycles. The highest BCUT2D eigenvalue weighted by Crippen LogP contribution is 2.21. The summed E-state index contributed by atoms with van der Waals surface area (Å²) in [5.41, 5.74) is 0.917. The molecule has 0 aliphatic rings. The molecule has 2 rings (SSSR count). The standard InChI is InChI=1S/C12H13FN4O2/c1-2-16-8-14-6-10(16)7-15-9-3-4-11(13)12(5-9)17(18)19/h3-6,8,15H,2,7H2,1H3. The zero-order valence-corrected chi connectivity index (χ0v) is 10.3. The van der Waals surface area contributed by atoms with E-state index >= 15 is 0 Å². The number of nitrogens with zero attached hydrogens (tertiary/aromatic N) is 3. The van der Waals surface area contributed by atoms with Crippen LogP contribution in [0, 0.1) is 15.9 Å². The molecule has 0 bridgehead atoms. The lowest BCUT2D eigenvalue weighted by molar-refractivity contribution is -0.387. The van der Waals surface area contributed by atoms with E-state index in [1.165, 1.54) is 12.1 Å². The number of hydrogen-bond acceptors (Lipinski definition) is 4. The number of anilines is 1. The Labute approximate surface area is 109 Å². The molecule has 0 saturated heterocycles. The molecule has 19 heavy (non-hydrogen) atoms. The van der Waals surface area contributed by atoms with Crippen LogP contribution < -0.4 is 5.32 Å². The van der Waals surface area contributed by atoms with Crippen molar-refractivity contribution in [3.63, 3.8) is 0 Å². The number of nitrogens with one attached hydrogen (secondary N) is 1. The topological polar surface area (TPSA) is 73.0 Å². The van der Waals surface area contributed by atoms with Gasteiger partial charge in [0.15, 0.2) is 0 Å². The van der Waals surface area contributed by atoms with Crippen molar-refractivity contribution in [2.24, 2.45) is 0 Å². The van der Waals surface area contributed by atoms with Gasteiger partial charge < -0.3 is 9.88 Å². The lowest BCUT2D eigenvalue weighted by Gasteiger charge is -2.08. The second-order valence-electron chi connectivity index (χ2n) is 3.95. The molecular formula is C12H13FN4O2. The number of hydrogen-bond donors (Lipinski definition) is 1. The first kappa shape index (κ1) is 13.0. The number of rotatable bonds is 5. The maximum atomic E-state index is 13.2. The van der Waals surface area contributed by atoms with Gasteiger partial charge in [0.25, 0.3) is 0 Å². The Bertz CT molecular complexity index is 597. The predicted octanol–water partition coefficient (Wildman–Crippen LogP) is 2.56. The van der Waals surface area contributed by atoms with Gasteiger partial charge in [-0.3, -0.25) is 10.1 Å². The van der Waals surface area contributed by atoms with Crippen LogP contribution in [0.4, 0.5) is 15.8 Å². The third-order valence-corrected chi connectivity index (χ3v) is 2.76. The molecule has 1 N–H and O–H groups in total. The first-order valence-electron chi connectivity index (χ1n) is 5.78. The van der Waals surface area contributed by atoms with E-state index in [0.29, 0.717) is 12.2 Å². The average molecular weight is 264 g/mol. The van der Waals surface area contributed by atoms with Crippen LogP contribution in [0.15, 0.2) is 30.7 Å². The highest BCUT2D eigenvalue weighted by atomic mass is 19.1. The summed E-state index contributed by atoms with van der Waals surface area (Å²) in [4.78, 5) is 13.9. The molecule has 0 aliphatic heterocycles. The number of benzene rings is 1. The smallest absolute Gasteiger partial charge is 0.306 e. The fourth-order valence-corrected chi connectivity index (χ4v) is 1.74. The van der Waals surface area contributed by atoms with Gasteiger partial charge in [-0.05, 0) is 19.1 Å². The van der Waals surface area contributed by atoms with E-state index in [-0.39, 0.29) is 0 Å². The second-order valence-corrected chi connectivity index (χ2v) is 3.95. The molecule has 6 nitrogen and oxygen atoms in total. The Balaban J connectivity index is 2.12. The maximum absolute atomic E-state index is 13.2. The van der Waals surface area contributed by atoms with Crippen LogP contribution in [-0.2, 0) is 13.1 Å². The summed E-state index contributed by atoms with van der Waals surface area (Å²) in [6, 6.07) is 3.73. The van der Waals surface area contributed by atoms with E-state index in [1.807, 2.05) is 11.5 Å². The molecule has 1 aromatic carbocycles. The highest BCUT2D eigenvalue weighted by molar-refractivity contribution is 5.51. The van der Waals surface area contributed by atoms with Crippen molar-refractivity contribution in [3.05, 3.63) is 52.3 Å². The molecule has 7 heteroatoms. The summed E-state index contributed by atoms with van der Waals surface area (Å²) < 4.78 is 15.1. The molecule has 0 unspecified atom stereocenters. The zero-order valence-electron chi connectivity index (χ0n) is 10.3. The van der Waals surface area contributed by atoms with Gasteiger partial charge in [-0.25, -0.2) is 4.98 Å². The Morgan fingerprint density at radius 3 is 3.00 bits per heavy atom. The monoisotopic (exact) mass is 264 g/mol. The van der Waals surface area contributed by atoms with Gasteiger partial charge in [0.2, 0.25) is 5.82 Å². The molecule has 1 aromatic heterocycles. The van der Waals surface area contributed by atoms with Crippen molar-refractivity contribution in [2.75, 3.05) is 5.32 Å². The van der Waals surface area contributed by atoms with Crippen LogP contribution in [0.1, 0.15) is 12.6 Å². The van der Waals surface area contributed by atoms with Crippen molar-refractivity contribution in [2.45, 2.75) is 20.0 Å². The van der Waals surface area contributed by atoms with E-state index < -0.39 is 16.4 Å². The Kier molecular flexibility index (Phi) is 3.74. The fourth-order valence-electron chi connectivity index (χ4n) is 1.74. The molecular weight excluding hydrogens is 251 g/mol. The largest absolute Gasteiger partial charge is 0.379 e. The van der Waals surface area contributed by atoms with Crippen molar-refractivity contribution in [1.82, 2.24) is 9.55 Å². The quantitative estimate of drug-likeness (QED) is 0.665. The number of imidazole rings is 1. The van der Waals surface area contributed by atoms with E-state index in [9.17, 15) is 14.5 Å². The minimum Gasteiger partial charge on any atom is -0.379 e. The first-order valence-corrected chi connectivity index (χ1v) is 5.78. The summed E-state index contributed by atoms with van der Waals surface area (Å²) in [7, 11) is 0. The fraction of sp³-hybridized carbons (Fsp3) is 0.250. The third kappa shape index (κ3) is 2.87. The second kappa shape index (κ2) is 5.47. The Morgan fingerprint density at radius 2 is 2.32 bits per heavy atom. The summed E-state index contributed by atoms with van der Waals surface area (Å²) in [5.74, 6) is -0.839. The molecule has 0 spiro atoms. The third-order valence-electron chi connectivity index (χ3n) is 2.76. The van der Waals surface area contributed by atoms with Gasteiger partial charge in [0.05, 0.1) is 23.5 Å². The molecule has 0 radical (unpaired) electrons. The highest BCUT2D eigenvalue weighted by Gasteiger charge is 2.14. The molecule has 0 atom stereocenters. The SMILES string of the molecule is CCn1cncc1CNc1ccc(F)c([N+](=O)[O-])c1. The number of halogens is 1. The predicted molar refractivity (Wildman–Crippen MR) is 68.3 cm³/mol. The van der Waals surface area contributed by atoms with Gasteiger partial charge in [-0.15, -0.1) is 0 Å². The van der Waals surface area contributed by atoms with E-state index in [0.717, 1.165) is 18.3 Å². The lowest BCUT2D eigenvalue weighted by atomic mass is 10.2. The summed E-state index contributed by atoms with van der Waals surface area (Å²) >= 11 is 0.